The normalized spacial score (nSPS) is 23.7. The van der Waals surface area contributed by atoms with Crippen molar-refractivity contribution >= 4 is 15.9 Å². The third kappa shape index (κ3) is 3.54. The molecule has 0 saturated heterocycles. The summed E-state index contributed by atoms with van der Waals surface area (Å²) in [6.45, 7) is 2.36. The standard InChI is InChI=1S/C17H26BrNO2/c1-11-6-5-7-12(10-11)16(19-2)13-8-9-14(20-3)15(18)17(13)21-4/h8-9,11-12,16,19H,5-7,10H2,1-4H3. The first-order valence-electron chi connectivity index (χ1n) is 7.70. The van der Waals surface area contributed by atoms with Crippen LogP contribution in [0.4, 0.5) is 0 Å². The number of benzene rings is 1. The molecule has 118 valence electrons. The molecule has 3 nitrogen and oxygen atoms in total. The fraction of sp³-hybridized carbons (Fsp3) is 0.647. The van der Waals surface area contributed by atoms with Gasteiger partial charge < -0.3 is 14.8 Å². The molecule has 1 fully saturated rings. The van der Waals surface area contributed by atoms with Crippen molar-refractivity contribution < 1.29 is 9.47 Å². The summed E-state index contributed by atoms with van der Waals surface area (Å²) in [6, 6.07) is 4.46. The number of hydrogen-bond donors (Lipinski definition) is 1. The summed E-state index contributed by atoms with van der Waals surface area (Å²) in [5, 5.41) is 3.51. The van der Waals surface area contributed by atoms with Crippen LogP contribution in [0.1, 0.15) is 44.2 Å². The molecular formula is C17H26BrNO2. The predicted molar refractivity (Wildman–Crippen MR) is 90.2 cm³/mol. The molecule has 1 aromatic rings. The van der Waals surface area contributed by atoms with Gasteiger partial charge in [-0.2, -0.15) is 0 Å². The SMILES string of the molecule is CNC(c1ccc(OC)c(Br)c1OC)C1CCCC(C)C1. The van der Waals surface area contributed by atoms with Gasteiger partial charge in [0.2, 0.25) is 0 Å². The van der Waals surface area contributed by atoms with E-state index in [4.69, 9.17) is 9.47 Å². The zero-order valence-corrected chi connectivity index (χ0v) is 15.0. The van der Waals surface area contributed by atoms with Crippen LogP contribution in [0.5, 0.6) is 11.5 Å². The Morgan fingerprint density at radius 2 is 2.00 bits per heavy atom. The highest BCUT2D eigenvalue weighted by Gasteiger charge is 2.29. The summed E-state index contributed by atoms with van der Waals surface area (Å²) in [6.07, 6.45) is 5.24. The maximum atomic E-state index is 5.65. The average molecular weight is 356 g/mol. The van der Waals surface area contributed by atoms with E-state index in [9.17, 15) is 0 Å². The van der Waals surface area contributed by atoms with Crippen LogP contribution in [-0.2, 0) is 0 Å². The van der Waals surface area contributed by atoms with Crippen LogP contribution in [0.2, 0.25) is 0 Å². The molecule has 1 saturated carbocycles. The van der Waals surface area contributed by atoms with Crippen LogP contribution in [0.15, 0.2) is 16.6 Å². The predicted octanol–water partition coefficient (Wildman–Crippen LogP) is 4.55. The number of hydrogen-bond acceptors (Lipinski definition) is 3. The van der Waals surface area contributed by atoms with Crippen LogP contribution in [-0.4, -0.2) is 21.3 Å². The molecule has 1 aromatic carbocycles. The number of halogens is 1. The molecule has 0 spiro atoms. The molecule has 1 aliphatic rings. The number of nitrogens with one attached hydrogen (secondary N) is 1. The monoisotopic (exact) mass is 355 g/mol. The van der Waals surface area contributed by atoms with Crippen LogP contribution in [0, 0.1) is 11.8 Å². The minimum Gasteiger partial charge on any atom is -0.495 e. The van der Waals surface area contributed by atoms with Gasteiger partial charge in [-0.1, -0.05) is 19.8 Å². The summed E-state index contributed by atoms with van der Waals surface area (Å²) in [5.74, 6) is 3.16. The second-order valence-corrected chi connectivity index (χ2v) is 6.80. The molecule has 3 unspecified atom stereocenters. The molecule has 1 N–H and O–H groups in total. The summed E-state index contributed by atoms with van der Waals surface area (Å²) in [4.78, 5) is 0. The Morgan fingerprint density at radius 1 is 1.24 bits per heavy atom. The Bertz CT molecular complexity index is 478. The van der Waals surface area contributed by atoms with E-state index in [0.717, 1.165) is 21.9 Å². The van der Waals surface area contributed by atoms with Gasteiger partial charge in [0.1, 0.15) is 16.0 Å². The Morgan fingerprint density at radius 3 is 2.57 bits per heavy atom. The average Bonchev–Trinajstić information content (AvgIpc) is 2.48. The lowest BCUT2D eigenvalue weighted by Crippen LogP contribution is -2.29. The highest BCUT2D eigenvalue weighted by molar-refractivity contribution is 9.10. The van der Waals surface area contributed by atoms with E-state index in [1.807, 2.05) is 13.1 Å². The zero-order chi connectivity index (χ0) is 15.4. The van der Waals surface area contributed by atoms with Crippen molar-refractivity contribution in [3.63, 3.8) is 0 Å². The minimum absolute atomic E-state index is 0.324. The highest BCUT2D eigenvalue weighted by atomic mass is 79.9. The first-order chi connectivity index (χ1) is 10.1. The Hall–Kier alpha value is -0.740. The third-order valence-electron chi connectivity index (χ3n) is 4.61. The van der Waals surface area contributed by atoms with E-state index in [-0.39, 0.29) is 0 Å². The van der Waals surface area contributed by atoms with E-state index >= 15 is 0 Å². The van der Waals surface area contributed by atoms with Gasteiger partial charge in [0, 0.05) is 11.6 Å². The van der Waals surface area contributed by atoms with Crippen molar-refractivity contribution in [2.75, 3.05) is 21.3 Å². The van der Waals surface area contributed by atoms with Crippen molar-refractivity contribution in [3.8, 4) is 11.5 Å². The molecule has 0 amide bonds. The van der Waals surface area contributed by atoms with Crippen LogP contribution >= 0.6 is 15.9 Å². The fourth-order valence-electron chi connectivity index (χ4n) is 3.59. The van der Waals surface area contributed by atoms with Gasteiger partial charge in [-0.25, -0.2) is 0 Å². The fourth-order valence-corrected chi connectivity index (χ4v) is 4.28. The Kier molecular flexibility index (Phi) is 5.94. The van der Waals surface area contributed by atoms with Gasteiger partial charge in [-0.15, -0.1) is 0 Å². The summed E-state index contributed by atoms with van der Waals surface area (Å²) in [5.41, 5.74) is 1.21. The van der Waals surface area contributed by atoms with E-state index in [1.54, 1.807) is 14.2 Å². The molecule has 21 heavy (non-hydrogen) atoms. The summed E-state index contributed by atoms with van der Waals surface area (Å²) in [7, 11) is 5.44. The third-order valence-corrected chi connectivity index (χ3v) is 5.36. The molecule has 0 aromatic heterocycles. The summed E-state index contributed by atoms with van der Waals surface area (Å²) >= 11 is 3.61. The quantitative estimate of drug-likeness (QED) is 0.839. The van der Waals surface area contributed by atoms with Gasteiger partial charge in [0.15, 0.2) is 0 Å². The van der Waals surface area contributed by atoms with Gasteiger partial charge >= 0.3 is 0 Å². The molecule has 0 bridgehead atoms. The molecule has 3 atom stereocenters. The topological polar surface area (TPSA) is 30.5 Å². The second kappa shape index (κ2) is 7.50. The van der Waals surface area contributed by atoms with E-state index in [2.05, 4.69) is 34.2 Å². The second-order valence-electron chi connectivity index (χ2n) is 6.00. The van der Waals surface area contributed by atoms with Crippen molar-refractivity contribution in [2.45, 2.75) is 38.6 Å². The first-order valence-corrected chi connectivity index (χ1v) is 8.49. The first kappa shape index (κ1) is 16.6. The van der Waals surface area contributed by atoms with Gasteiger partial charge in [-0.3, -0.25) is 0 Å². The van der Waals surface area contributed by atoms with E-state index < -0.39 is 0 Å². The van der Waals surface area contributed by atoms with Crippen molar-refractivity contribution in [2.24, 2.45) is 11.8 Å². The van der Waals surface area contributed by atoms with E-state index in [0.29, 0.717) is 12.0 Å². The number of rotatable bonds is 5. The lowest BCUT2D eigenvalue weighted by molar-refractivity contribution is 0.226. The highest BCUT2D eigenvalue weighted by Crippen LogP contribution is 2.44. The van der Waals surface area contributed by atoms with Gasteiger partial charge in [-0.05, 0) is 59.8 Å². The molecule has 0 aliphatic heterocycles. The van der Waals surface area contributed by atoms with E-state index in [1.165, 1.54) is 31.2 Å². The van der Waals surface area contributed by atoms with Gasteiger partial charge in [0.05, 0.1) is 14.2 Å². The maximum Gasteiger partial charge on any atom is 0.141 e. The maximum absolute atomic E-state index is 5.65. The molecule has 1 aliphatic carbocycles. The van der Waals surface area contributed by atoms with Crippen molar-refractivity contribution in [3.05, 3.63) is 22.2 Å². The molecule has 2 rings (SSSR count). The van der Waals surface area contributed by atoms with Crippen LogP contribution < -0.4 is 14.8 Å². The largest absolute Gasteiger partial charge is 0.495 e. The van der Waals surface area contributed by atoms with Crippen LogP contribution in [0.25, 0.3) is 0 Å². The molecular weight excluding hydrogens is 330 g/mol. The molecule has 0 heterocycles. The Labute approximate surface area is 136 Å². The summed E-state index contributed by atoms with van der Waals surface area (Å²) < 4.78 is 11.9. The zero-order valence-electron chi connectivity index (χ0n) is 13.4. The Balaban J connectivity index is 2.35. The minimum atomic E-state index is 0.324. The lowest BCUT2D eigenvalue weighted by atomic mass is 9.76. The lowest BCUT2D eigenvalue weighted by Gasteiger charge is -2.34. The van der Waals surface area contributed by atoms with Crippen molar-refractivity contribution in [1.29, 1.82) is 0 Å². The molecule has 0 radical (unpaired) electrons. The van der Waals surface area contributed by atoms with Crippen molar-refractivity contribution in [1.82, 2.24) is 5.32 Å². The number of methoxy groups -OCH3 is 2. The number of ether oxygens (including phenoxy) is 2. The van der Waals surface area contributed by atoms with Gasteiger partial charge in [0.25, 0.3) is 0 Å². The van der Waals surface area contributed by atoms with Crippen LogP contribution in [0.3, 0.4) is 0 Å². The smallest absolute Gasteiger partial charge is 0.141 e. The molecule has 4 heteroatoms.